The molecule has 0 saturated carbocycles. The van der Waals surface area contributed by atoms with E-state index >= 15 is 0 Å². The fraction of sp³-hybridized carbons (Fsp3) is 0.457. The highest BCUT2D eigenvalue weighted by Gasteiger charge is 2.49. The average Bonchev–Trinajstić information content (AvgIpc) is 2.89. The summed E-state index contributed by atoms with van der Waals surface area (Å²) in [5.74, 6) is -0.349. The highest BCUT2D eigenvalue weighted by Crippen LogP contribution is 2.55. The third kappa shape index (κ3) is 6.71. The normalized spacial score (nSPS) is 19.6. The number of nitrogens with zero attached hydrogens (tertiary/aromatic N) is 1. The second-order valence-corrected chi connectivity index (χ2v) is 15.1. The van der Waals surface area contributed by atoms with E-state index in [-0.39, 0.29) is 35.4 Å². The van der Waals surface area contributed by atoms with Gasteiger partial charge in [0.1, 0.15) is 6.61 Å². The zero-order valence-corrected chi connectivity index (χ0v) is 28.8. The minimum Gasteiger partial charge on any atom is -0.490 e. The Morgan fingerprint density at radius 1 is 0.977 bits per heavy atom. The van der Waals surface area contributed by atoms with E-state index in [0.29, 0.717) is 66.6 Å². The van der Waals surface area contributed by atoms with Crippen LogP contribution in [0.4, 0.5) is 0 Å². The Labute approximate surface area is 277 Å². The molecule has 2 aromatic rings. The van der Waals surface area contributed by atoms with Gasteiger partial charge in [0, 0.05) is 52.9 Å². The van der Waals surface area contributed by atoms with E-state index < -0.39 is 11.9 Å². The van der Waals surface area contributed by atoms with Crippen LogP contribution < -0.4 is 9.47 Å². The summed E-state index contributed by atoms with van der Waals surface area (Å²) >= 11 is 8.41. The number of carbonyl (C=O) groups is 3. The van der Waals surface area contributed by atoms with Crippen LogP contribution in [0, 0.1) is 14.4 Å². The van der Waals surface area contributed by atoms with Gasteiger partial charge in [-0.2, -0.15) is 0 Å². The van der Waals surface area contributed by atoms with Crippen LogP contribution in [0.1, 0.15) is 83.8 Å². The number of carboxylic acids is 1. The van der Waals surface area contributed by atoms with Crippen molar-refractivity contribution in [3.8, 4) is 11.5 Å². The number of Topliss-reactive ketones (excluding diaryl/α,β-unsaturated/α-hetero) is 2. The molecule has 0 unspecified atom stereocenters. The molecule has 2 aliphatic carbocycles. The van der Waals surface area contributed by atoms with Gasteiger partial charge in [-0.05, 0) is 88.6 Å². The fourth-order valence-corrected chi connectivity index (χ4v) is 7.79. The van der Waals surface area contributed by atoms with E-state index in [4.69, 9.17) is 21.1 Å². The molecule has 0 spiro atoms. The van der Waals surface area contributed by atoms with Gasteiger partial charge in [0.05, 0.1) is 16.6 Å². The number of hydrogen-bond donors (Lipinski definition) is 1. The molecule has 0 fully saturated rings. The van der Waals surface area contributed by atoms with Crippen molar-refractivity contribution in [2.45, 2.75) is 79.2 Å². The van der Waals surface area contributed by atoms with Crippen molar-refractivity contribution in [1.29, 1.82) is 0 Å². The number of aliphatic carboxylic acids is 1. The molecule has 7 nitrogen and oxygen atoms in total. The highest BCUT2D eigenvalue weighted by molar-refractivity contribution is 14.1. The second kappa shape index (κ2) is 12.5. The van der Waals surface area contributed by atoms with E-state index in [9.17, 15) is 19.5 Å². The van der Waals surface area contributed by atoms with Crippen LogP contribution in [0.15, 0.2) is 58.9 Å². The molecular weight excluding hydrogens is 693 g/mol. The molecule has 1 heterocycles. The molecule has 0 atom stereocenters. The van der Waals surface area contributed by atoms with Crippen molar-refractivity contribution in [3.63, 3.8) is 0 Å². The topological polar surface area (TPSA) is 93.1 Å². The fourth-order valence-electron chi connectivity index (χ4n) is 6.80. The molecule has 234 valence electrons. The summed E-state index contributed by atoms with van der Waals surface area (Å²) in [6, 6.07) is 11.4. The number of carbonyl (C=O) groups excluding carboxylic acids is 2. The molecule has 1 N–H and O–H groups in total. The summed E-state index contributed by atoms with van der Waals surface area (Å²) in [7, 11) is 0. The van der Waals surface area contributed by atoms with Gasteiger partial charge >= 0.3 is 5.97 Å². The third-order valence-electron chi connectivity index (χ3n) is 8.51. The predicted octanol–water partition coefficient (Wildman–Crippen LogP) is 8.08. The largest absolute Gasteiger partial charge is 0.490 e. The summed E-state index contributed by atoms with van der Waals surface area (Å²) in [6.07, 6.45) is 1.85. The third-order valence-corrected chi connectivity index (χ3v) is 9.54. The molecule has 0 radical (unpaired) electrons. The zero-order valence-electron chi connectivity index (χ0n) is 25.9. The Balaban J connectivity index is 1.67. The smallest absolute Gasteiger partial charge is 0.305 e. The average molecular weight is 732 g/mol. The molecule has 1 aliphatic heterocycles. The summed E-state index contributed by atoms with van der Waals surface area (Å²) < 4.78 is 13.2. The van der Waals surface area contributed by atoms with Gasteiger partial charge in [-0.1, -0.05) is 51.4 Å². The number of halogens is 2. The Morgan fingerprint density at radius 2 is 1.59 bits per heavy atom. The van der Waals surface area contributed by atoms with Crippen LogP contribution in [-0.2, 0) is 21.0 Å². The summed E-state index contributed by atoms with van der Waals surface area (Å²) in [6.45, 7) is 11.1. The number of carboxylic acid groups (broad SMARTS) is 1. The summed E-state index contributed by atoms with van der Waals surface area (Å²) in [5.41, 5.74) is 4.02. The zero-order chi connectivity index (χ0) is 32.0. The van der Waals surface area contributed by atoms with E-state index in [0.717, 1.165) is 26.1 Å². The lowest BCUT2D eigenvalue weighted by atomic mass is 9.63. The van der Waals surface area contributed by atoms with Crippen LogP contribution in [-0.4, -0.2) is 40.7 Å². The maximum Gasteiger partial charge on any atom is 0.305 e. The first-order valence-electron chi connectivity index (χ1n) is 15.0. The minimum atomic E-state index is -0.913. The van der Waals surface area contributed by atoms with Gasteiger partial charge in [0.25, 0.3) is 0 Å². The van der Waals surface area contributed by atoms with E-state index in [2.05, 4.69) is 50.3 Å². The number of allylic oxidation sites excluding steroid dienone is 4. The maximum absolute atomic E-state index is 14.1. The minimum absolute atomic E-state index is 0.00000885. The molecule has 44 heavy (non-hydrogen) atoms. The van der Waals surface area contributed by atoms with Gasteiger partial charge in [-0.3, -0.25) is 14.4 Å². The Kier molecular flexibility index (Phi) is 9.25. The standard InChI is InChI=1S/C35H39ClINO6/c1-6-43-28-14-21(13-23(37)33(28)44-19-20-8-7-9-22(36)12-20)30-31-24(15-34(2,3)17-26(31)39)38(11-10-29(41)42)25-16-35(4,5)18-27(40)32(25)30/h7-9,12-14,30H,6,10-11,15-19H2,1-5H3,(H,41,42). The Morgan fingerprint density at radius 3 is 2.14 bits per heavy atom. The van der Waals surface area contributed by atoms with Crippen LogP contribution in [0.2, 0.25) is 5.02 Å². The van der Waals surface area contributed by atoms with Crippen LogP contribution in [0.5, 0.6) is 11.5 Å². The SMILES string of the molecule is CCOc1cc(C2C3=C(CC(C)(C)CC3=O)N(CCC(=O)O)C3=C2C(=O)CC(C)(C)C3)cc(I)c1OCc1cccc(Cl)c1. The number of rotatable bonds is 9. The second-order valence-electron chi connectivity index (χ2n) is 13.5. The lowest BCUT2D eigenvalue weighted by molar-refractivity contribution is -0.137. The van der Waals surface area contributed by atoms with Crippen molar-refractivity contribution in [3.05, 3.63) is 78.7 Å². The predicted molar refractivity (Wildman–Crippen MR) is 178 cm³/mol. The van der Waals surface area contributed by atoms with Crippen LogP contribution >= 0.6 is 34.2 Å². The number of ether oxygens (including phenoxy) is 2. The Bertz CT molecular complexity index is 1540. The van der Waals surface area contributed by atoms with Crippen molar-refractivity contribution < 1.29 is 29.0 Å². The molecule has 9 heteroatoms. The van der Waals surface area contributed by atoms with Gasteiger partial charge in [-0.25, -0.2) is 0 Å². The molecule has 2 aromatic carbocycles. The van der Waals surface area contributed by atoms with Gasteiger partial charge in [-0.15, -0.1) is 0 Å². The first-order chi connectivity index (χ1) is 20.7. The Hall–Kier alpha value is -2.85. The molecule has 3 aliphatic rings. The number of benzene rings is 2. The quantitative estimate of drug-likeness (QED) is 0.261. The monoisotopic (exact) mass is 731 g/mol. The number of hydrogen-bond acceptors (Lipinski definition) is 6. The molecular formula is C35H39ClINO6. The molecule has 0 bridgehead atoms. The van der Waals surface area contributed by atoms with Gasteiger partial charge in [0.2, 0.25) is 0 Å². The summed E-state index contributed by atoms with van der Waals surface area (Å²) in [4.78, 5) is 41.9. The molecule has 0 saturated heterocycles. The van der Waals surface area contributed by atoms with Crippen molar-refractivity contribution in [2.75, 3.05) is 13.2 Å². The lowest BCUT2D eigenvalue weighted by Gasteiger charge is -2.49. The lowest BCUT2D eigenvalue weighted by Crippen LogP contribution is -2.45. The van der Waals surface area contributed by atoms with Crippen LogP contribution in [0.25, 0.3) is 0 Å². The van der Waals surface area contributed by atoms with E-state index in [1.165, 1.54) is 0 Å². The maximum atomic E-state index is 14.1. The van der Waals surface area contributed by atoms with E-state index in [1.54, 1.807) is 0 Å². The van der Waals surface area contributed by atoms with E-state index in [1.807, 2.05) is 48.2 Å². The van der Waals surface area contributed by atoms with Crippen molar-refractivity contribution in [2.24, 2.45) is 10.8 Å². The van der Waals surface area contributed by atoms with Crippen molar-refractivity contribution in [1.82, 2.24) is 4.90 Å². The van der Waals surface area contributed by atoms with Crippen LogP contribution in [0.3, 0.4) is 0 Å². The first-order valence-corrected chi connectivity index (χ1v) is 16.5. The van der Waals surface area contributed by atoms with Gasteiger partial charge in [0.15, 0.2) is 23.1 Å². The van der Waals surface area contributed by atoms with Gasteiger partial charge < -0.3 is 19.5 Å². The van der Waals surface area contributed by atoms with Crippen molar-refractivity contribution >= 4 is 51.7 Å². The molecule has 5 rings (SSSR count). The summed E-state index contributed by atoms with van der Waals surface area (Å²) in [5, 5.41) is 10.2. The number of ketones is 2. The first kappa shape index (κ1) is 32.5. The molecule has 0 amide bonds. The molecule has 0 aromatic heterocycles. The highest BCUT2D eigenvalue weighted by atomic mass is 127.